The van der Waals surface area contributed by atoms with Gasteiger partial charge in [-0.25, -0.2) is 0 Å². The highest BCUT2D eigenvalue weighted by molar-refractivity contribution is 5.82. The largest absolute Gasteiger partial charge is 0.481 e. The number of carboxylic acid groups (broad SMARTS) is 1. The molecule has 0 aromatic heterocycles. The van der Waals surface area contributed by atoms with Crippen molar-refractivity contribution in [1.82, 2.24) is 10.2 Å². The summed E-state index contributed by atoms with van der Waals surface area (Å²) in [5.74, 6) is -0.801. The second-order valence-corrected chi connectivity index (χ2v) is 5.62. The molecule has 1 unspecified atom stereocenters. The first-order valence-corrected chi connectivity index (χ1v) is 7.44. The van der Waals surface area contributed by atoms with E-state index in [1.54, 1.807) is 0 Å². The maximum atomic E-state index is 12.1. The Morgan fingerprint density at radius 3 is 2.68 bits per heavy atom. The molecule has 2 rings (SSSR count). The third-order valence-corrected chi connectivity index (χ3v) is 4.27. The van der Waals surface area contributed by atoms with E-state index in [0.717, 1.165) is 25.8 Å². The predicted molar refractivity (Wildman–Crippen MR) is 71.9 cm³/mol. The molecule has 0 radical (unpaired) electrons. The summed E-state index contributed by atoms with van der Waals surface area (Å²) in [7, 11) is 0. The average Bonchev–Trinajstić information content (AvgIpc) is 2.59. The van der Waals surface area contributed by atoms with Crippen LogP contribution in [0.15, 0.2) is 0 Å². The fraction of sp³-hybridized carbons (Fsp3) is 0.857. The molecular weight excluding hydrogens is 244 g/mol. The quantitative estimate of drug-likeness (QED) is 0.808. The van der Waals surface area contributed by atoms with Crippen LogP contribution in [-0.4, -0.2) is 47.1 Å². The number of hydrogen-bond donors (Lipinski definition) is 2. The lowest BCUT2D eigenvalue weighted by Crippen LogP contribution is -2.49. The van der Waals surface area contributed by atoms with Crippen LogP contribution in [0.1, 0.15) is 51.4 Å². The summed E-state index contributed by atoms with van der Waals surface area (Å²) in [4.78, 5) is 25.2. The van der Waals surface area contributed by atoms with E-state index in [-0.39, 0.29) is 18.4 Å². The van der Waals surface area contributed by atoms with Crippen molar-refractivity contribution in [2.75, 3.05) is 13.1 Å². The van der Waals surface area contributed by atoms with E-state index in [1.807, 2.05) is 0 Å². The van der Waals surface area contributed by atoms with Gasteiger partial charge in [-0.05, 0) is 25.7 Å². The molecule has 2 N–H and O–H groups in total. The lowest BCUT2D eigenvalue weighted by Gasteiger charge is -2.37. The number of nitrogens with one attached hydrogen (secondary N) is 1. The minimum atomic E-state index is -0.819. The standard InChI is InChI=1S/C14H24N2O3/c17-13(18)8-7-12-14(19)15-9-4-10-16(12)11-5-2-1-3-6-11/h11-12H,1-10H2,(H,15,19)(H,17,18). The molecule has 1 aliphatic heterocycles. The number of carbonyl (C=O) groups is 2. The zero-order chi connectivity index (χ0) is 13.7. The van der Waals surface area contributed by atoms with Gasteiger partial charge in [0.05, 0.1) is 6.04 Å². The highest BCUT2D eigenvalue weighted by Gasteiger charge is 2.33. The SMILES string of the molecule is O=C(O)CCC1C(=O)NCCCN1C1CCCCC1. The van der Waals surface area contributed by atoms with Gasteiger partial charge >= 0.3 is 5.97 Å². The van der Waals surface area contributed by atoms with Gasteiger partial charge in [-0.1, -0.05) is 19.3 Å². The first-order valence-electron chi connectivity index (χ1n) is 7.44. The molecule has 0 spiro atoms. The molecule has 5 nitrogen and oxygen atoms in total. The molecular formula is C14H24N2O3. The molecule has 0 aromatic rings. The second-order valence-electron chi connectivity index (χ2n) is 5.62. The summed E-state index contributed by atoms with van der Waals surface area (Å²) in [6, 6.07) is 0.220. The fourth-order valence-electron chi connectivity index (χ4n) is 3.30. The molecule has 1 amide bonds. The maximum absolute atomic E-state index is 12.1. The van der Waals surface area contributed by atoms with Gasteiger partial charge in [0, 0.05) is 25.6 Å². The van der Waals surface area contributed by atoms with Gasteiger partial charge < -0.3 is 10.4 Å². The Morgan fingerprint density at radius 2 is 2.00 bits per heavy atom. The first kappa shape index (κ1) is 14.3. The Labute approximate surface area is 114 Å². The summed E-state index contributed by atoms with van der Waals surface area (Å²) >= 11 is 0. The minimum absolute atomic E-state index is 0.0179. The molecule has 1 aliphatic carbocycles. The van der Waals surface area contributed by atoms with Crippen molar-refractivity contribution in [3.05, 3.63) is 0 Å². The maximum Gasteiger partial charge on any atom is 0.303 e. The van der Waals surface area contributed by atoms with Gasteiger partial charge in [0.1, 0.15) is 0 Å². The van der Waals surface area contributed by atoms with E-state index in [2.05, 4.69) is 10.2 Å². The smallest absolute Gasteiger partial charge is 0.303 e. The molecule has 0 bridgehead atoms. The van der Waals surface area contributed by atoms with Crippen LogP contribution in [0.3, 0.4) is 0 Å². The van der Waals surface area contributed by atoms with E-state index in [9.17, 15) is 9.59 Å². The molecule has 2 aliphatic rings. The van der Waals surface area contributed by atoms with Crippen molar-refractivity contribution in [3.63, 3.8) is 0 Å². The highest BCUT2D eigenvalue weighted by atomic mass is 16.4. The van der Waals surface area contributed by atoms with Crippen LogP contribution in [0.25, 0.3) is 0 Å². The van der Waals surface area contributed by atoms with E-state index in [0.29, 0.717) is 19.0 Å². The molecule has 1 atom stereocenters. The van der Waals surface area contributed by atoms with Crippen molar-refractivity contribution in [2.45, 2.75) is 63.5 Å². The molecule has 1 heterocycles. The number of aliphatic carboxylic acids is 1. The summed E-state index contributed by atoms with van der Waals surface area (Å²) in [5.41, 5.74) is 0. The molecule has 1 saturated carbocycles. The highest BCUT2D eigenvalue weighted by Crippen LogP contribution is 2.26. The normalized spacial score (nSPS) is 26.7. The Hall–Kier alpha value is -1.10. The topological polar surface area (TPSA) is 69.6 Å². The van der Waals surface area contributed by atoms with Gasteiger partial charge in [0.25, 0.3) is 0 Å². The number of nitrogens with zero attached hydrogens (tertiary/aromatic N) is 1. The van der Waals surface area contributed by atoms with E-state index < -0.39 is 5.97 Å². The fourth-order valence-corrected chi connectivity index (χ4v) is 3.30. The van der Waals surface area contributed by atoms with Crippen molar-refractivity contribution in [1.29, 1.82) is 0 Å². The van der Waals surface area contributed by atoms with Gasteiger partial charge in [-0.3, -0.25) is 14.5 Å². The molecule has 19 heavy (non-hydrogen) atoms. The number of amides is 1. The average molecular weight is 268 g/mol. The Balaban J connectivity index is 2.04. The minimum Gasteiger partial charge on any atom is -0.481 e. The van der Waals surface area contributed by atoms with Crippen LogP contribution < -0.4 is 5.32 Å². The Bertz CT molecular complexity index is 327. The van der Waals surface area contributed by atoms with E-state index >= 15 is 0 Å². The van der Waals surface area contributed by atoms with Gasteiger partial charge in [0.2, 0.25) is 5.91 Å². The Morgan fingerprint density at radius 1 is 1.26 bits per heavy atom. The van der Waals surface area contributed by atoms with Crippen LogP contribution in [0.2, 0.25) is 0 Å². The van der Waals surface area contributed by atoms with Crippen LogP contribution in [0.5, 0.6) is 0 Å². The second kappa shape index (κ2) is 6.89. The van der Waals surface area contributed by atoms with Gasteiger partial charge in [-0.2, -0.15) is 0 Å². The van der Waals surface area contributed by atoms with E-state index in [1.165, 1.54) is 19.3 Å². The summed E-state index contributed by atoms with van der Waals surface area (Å²) < 4.78 is 0. The monoisotopic (exact) mass is 268 g/mol. The van der Waals surface area contributed by atoms with Crippen LogP contribution in [-0.2, 0) is 9.59 Å². The molecule has 108 valence electrons. The number of rotatable bonds is 4. The van der Waals surface area contributed by atoms with Crippen molar-refractivity contribution >= 4 is 11.9 Å². The zero-order valence-electron chi connectivity index (χ0n) is 11.4. The summed E-state index contributed by atoms with van der Waals surface area (Å²) in [6.07, 6.45) is 7.51. The summed E-state index contributed by atoms with van der Waals surface area (Å²) in [5, 5.41) is 11.8. The zero-order valence-corrected chi connectivity index (χ0v) is 11.4. The van der Waals surface area contributed by atoms with Crippen LogP contribution >= 0.6 is 0 Å². The van der Waals surface area contributed by atoms with Crippen LogP contribution in [0.4, 0.5) is 0 Å². The number of carbonyl (C=O) groups excluding carboxylic acids is 1. The van der Waals surface area contributed by atoms with Crippen LogP contribution in [0, 0.1) is 0 Å². The van der Waals surface area contributed by atoms with E-state index in [4.69, 9.17) is 5.11 Å². The third kappa shape index (κ3) is 3.93. The predicted octanol–water partition coefficient (Wildman–Crippen LogP) is 1.37. The van der Waals surface area contributed by atoms with Gasteiger partial charge in [0.15, 0.2) is 0 Å². The van der Waals surface area contributed by atoms with Gasteiger partial charge in [-0.15, -0.1) is 0 Å². The van der Waals surface area contributed by atoms with Crippen molar-refractivity contribution in [2.24, 2.45) is 0 Å². The van der Waals surface area contributed by atoms with Crippen molar-refractivity contribution < 1.29 is 14.7 Å². The molecule has 5 heteroatoms. The Kier molecular flexibility index (Phi) is 5.19. The molecule has 1 saturated heterocycles. The molecule has 0 aromatic carbocycles. The third-order valence-electron chi connectivity index (χ3n) is 4.27. The summed E-state index contributed by atoms with van der Waals surface area (Å²) in [6.45, 7) is 1.62. The number of carboxylic acids is 1. The lowest BCUT2D eigenvalue weighted by atomic mass is 9.92. The number of hydrogen-bond acceptors (Lipinski definition) is 3. The first-order chi connectivity index (χ1) is 9.18. The van der Waals surface area contributed by atoms with Crippen molar-refractivity contribution in [3.8, 4) is 0 Å². The lowest BCUT2D eigenvalue weighted by molar-refractivity contribution is -0.137. The molecule has 2 fully saturated rings.